The summed E-state index contributed by atoms with van der Waals surface area (Å²) in [5.74, 6) is 0.301. The fourth-order valence-corrected chi connectivity index (χ4v) is 7.85. The second-order valence-electron chi connectivity index (χ2n) is 10.7. The first-order valence-corrected chi connectivity index (χ1v) is 11.3. The van der Waals surface area contributed by atoms with Gasteiger partial charge in [0.15, 0.2) is 6.61 Å². The second kappa shape index (κ2) is 6.91. The molecule has 8 atom stereocenters. The van der Waals surface area contributed by atoms with E-state index in [1.165, 1.54) is 12.5 Å². The molecule has 0 bridgehead atoms. The molecule has 2 N–H and O–H groups in total. The van der Waals surface area contributed by atoms with E-state index in [0.717, 1.165) is 44.9 Å². The number of aliphatic hydroxyl groups excluding tert-OH is 1. The number of carbonyl (C=O) groups excluding carboxylic acids is 2. The smallest absolute Gasteiger partial charge is 0.303 e. The van der Waals surface area contributed by atoms with Crippen molar-refractivity contribution in [2.75, 3.05) is 6.61 Å². The predicted molar refractivity (Wildman–Crippen MR) is 109 cm³/mol. The molecule has 29 heavy (non-hydrogen) atoms. The largest absolute Gasteiger partial charge is 0.458 e. The maximum absolute atomic E-state index is 13.1. The van der Waals surface area contributed by atoms with Crippen LogP contribution in [0.25, 0.3) is 0 Å². The molecule has 4 rings (SSSR count). The van der Waals surface area contributed by atoms with Gasteiger partial charge in [0, 0.05) is 12.3 Å². The Balaban J connectivity index is 1.64. The van der Waals surface area contributed by atoms with Gasteiger partial charge < -0.3 is 14.9 Å². The van der Waals surface area contributed by atoms with Crippen LogP contribution in [0, 0.1) is 34.5 Å². The van der Waals surface area contributed by atoms with Gasteiger partial charge in [-0.2, -0.15) is 0 Å². The SMILES string of the molecule is CC(=O)OCC(=O)[C@@]1(O)[C@H](C)C[C@@H]2[C@@H]3CC=C4C[C@@H](O)CC[C@]4(C)[C@H]3CC[C@@]21C. The first-order chi connectivity index (χ1) is 13.5. The van der Waals surface area contributed by atoms with Gasteiger partial charge in [0.25, 0.3) is 0 Å². The molecule has 0 saturated heterocycles. The molecule has 4 aliphatic carbocycles. The van der Waals surface area contributed by atoms with E-state index in [-0.39, 0.29) is 35.7 Å². The van der Waals surface area contributed by atoms with E-state index in [0.29, 0.717) is 11.8 Å². The second-order valence-corrected chi connectivity index (χ2v) is 10.7. The number of ether oxygens (including phenoxy) is 1. The van der Waals surface area contributed by atoms with Crippen LogP contribution in [-0.2, 0) is 14.3 Å². The quantitative estimate of drug-likeness (QED) is 0.556. The number of Topliss-reactive ketones (excluding diaryl/α,β-unsaturated/α-hetero) is 1. The Kier molecular flexibility index (Phi) is 5.02. The van der Waals surface area contributed by atoms with Gasteiger partial charge >= 0.3 is 5.97 Å². The number of hydrogen-bond donors (Lipinski definition) is 2. The number of ketones is 1. The molecule has 0 radical (unpaired) electrons. The number of hydrogen-bond acceptors (Lipinski definition) is 5. The van der Waals surface area contributed by atoms with Crippen LogP contribution in [0.1, 0.15) is 72.6 Å². The third-order valence-electron chi connectivity index (χ3n) is 9.49. The Hall–Kier alpha value is -1.20. The third-order valence-corrected chi connectivity index (χ3v) is 9.49. The van der Waals surface area contributed by atoms with Gasteiger partial charge in [-0.3, -0.25) is 9.59 Å². The lowest BCUT2D eigenvalue weighted by Gasteiger charge is -2.58. The van der Waals surface area contributed by atoms with E-state index in [9.17, 15) is 19.8 Å². The molecule has 5 nitrogen and oxygen atoms in total. The minimum Gasteiger partial charge on any atom is -0.458 e. The van der Waals surface area contributed by atoms with Gasteiger partial charge in [-0.05, 0) is 74.0 Å². The van der Waals surface area contributed by atoms with Crippen LogP contribution < -0.4 is 0 Å². The molecule has 0 aromatic rings. The van der Waals surface area contributed by atoms with Gasteiger partial charge in [-0.15, -0.1) is 0 Å². The normalized spacial score (nSPS) is 48.8. The van der Waals surface area contributed by atoms with Crippen LogP contribution >= 0.6 is 0 Å². The van der Waals surface area contributed by atoms with Crippen LogP contribution in [0.15, 0.2) is 11.6 Å². The Morgan fingerprint density at radius 3 is 2.62 bits per heavy atom. The van der Waals surface area contributed by atoms with E-state index in [1.807, 2.05) is 6.92 Å². The molecule has 0 amide bonds. The molecule has 0 aromatic heterocycles. The van der Waals surface area contributed by atoms with Gasteiger partial charge in [-0.1, -0.05) is 32.4 Å². The molecule has 5 heteroatoms. The molecule has 0 spiro atoms. The number of carbonyl (C=O) groups is 2. The van der Waals surface area contributed by atoms with E-state index < -0.39 is 17.0 Å². The summed E-state index contributed by atoms with van der Waals surface area (Å²) >= 11 is 0. The molecule has 0 heterocycles. The Morgan fingerprint density at radius 2 is 1.93 bits per heavy atom. The van der Waals surface area contributed by atoms with Crippen molar-refractivity contribution in [3.8, 4) is 0 Å². The third kappa shape index (κ3) is 2.87. The zero-order valence-electron chi connectivity index (χ0n) is 18.2. The van der Waals surface area contributed by atoms with Gasteiger partial charge in [0.1, 0.15) is 5.60 Å². The first-order valence-electron chi connectivity index (χ1n) is 11.3. The number of fused-ring (bicyclic) bond motifs is 5. The molecule has 0 aromatic carbocycles. The standard InChI is InChI=1S/C24H36O5/c1-14-11-20-18-6-5-16-12-17(26)7-9-22(16,3)19(18)8-10-23(20,4)24(14,28)21(27)13-29-15(2)25/h5,14,17-20,26,28H,6-13H2,1-4H3/t14-,17+,18-,19+,20-,22+,23+,24+/m1/s1. The van der Waals surface area contributed by atoms with Crippen LogP contribution in [0.2, 0.25) is 0 Å². The maximum atomic E-state index is 13.1. The molecular formula is C24H36O5. The zero-order valence-corrected chi connectivity index (χ0v) is 18.2. The molecule has 4 aliphatic rings. The predicted octanol–water partition coefficient (Wildman–Crippen LogP) is 3.42. The lowest BCUT2D eigenvalue weighted by atomic mass is 9.46. The van der Waals surface area contributed by atoms with Crippen molar-refractivity contribution in [2.24, 2.45) is 34.5 Å². The Bertz CT molecular complexity index is 744. The zero-order chi connectivity index (χ0) is 21.2. The Labute approximate surface area is 173 Å². The van der Waals surface area contributed by atoms with Crippen LogP contribution in [0.4, 0.5) is 0 Å². The highest BCUT2D eigenvalue weighted by atomic mass is 16.5. The first kappa shape index (κ1) is 21.0. The van der Waals surface area contributed by atoms with E-state index >= 15 is 0 Å². The van der Waals surface area contributed by atoms with Crippen LogP contribution in [0.5, 0.6) is 0 Å². The molecule has 3 fully saturated rings. The van der Waals surface area contributed by atoms with Crippen molar-refractivity contribution >= 4 is 11.8 Å². The molecule has 0 unspecified atom stereocenters. The van der Waals surface area contributed by atoms with E-state index in [4.69, 9.17) is 4.74 Å². The van der Waals surface area contributed by atoms with Crippen molar-refractivity contribution in [2.45, 2.75) is 84.3 Å². The number of aliphatic hydroxyl groups is 2. The Morgan fingerprint density at radius 1 is 1.21 bits per heavy atom. The lowest BCUT2D eigenvalue weighted by Crippen LogP contribution is -2.59. The van der Waals surface area contributed by atoms with E-state index in [1.54, 1.807) is 0 Å². The number of esters is 1. The molecule has 162 valence electrons. The molecule has 0 aliphatic heterocycles. The van der Waals surface area contributed by atoms with E-state index in [2.05, 4.69) is 19.9 Å². The summed E-state index contributed by atoms with van der Waals surface area (Å²) in [5, 5.41) is 21.9. The summed E-state index contributed by atoms with van der Waals surface area (Å²) in [5.41, 5.74) is -0.366. The topological polar surface area (TPSA) is 83.8 Å². The van der Waals surface area contributed by atoms with Gasteiger partial charge in [0.2, 0.25) is 5.78 Å². The molecular weight excluding hydrogens is 368 g/mol. The van der Waals surface area contributed by atoms with Crippen molar-refractivity contribution in [3.63, 3.8) is 0 Å². The minimum absolute atomic E-state index is 0.134. The minimum atomic E-state index is -1.44. The summed E-state index contributed by atoms with van der Waals surface area (Å²) < 4.78 is 4.98. The average Bonchev–Trinajstić information content (AvgIpc) is 2.88. The van der Waals surface area contributed by atoms with Crippen molar-refractivity contribution in [3.05, 3.63) is 11.6 Å². The van der Waals surface area contributed by atoms with Crippen LogP contribution in [-0.4, -0.2) is 40.3 Å². The van der Waals surface area contributed by atoms with Crippen molar-refractivity contribution in [1.82, 2.24) is 0 Å². The van der Waals surface area contributed by atoms with Crippen molar-refractivity contribution in [1.29, 1.82) is 0 Å². The maximum Gasteiger partial charge on any atom is 0.303 e. The van der Waals surface area contributed by atoms with Gasteiger partial charge in [-0.25, -0.2) is 0 Å². The fourth-order valence-electron chi connectivity index (χ4n) is 7.85. The van der Waals surface area contributed by atoms with Gasteiger partial charge in [0.05, 0.1) is 6.10 Å². The highest BCUT2D eigenvalue weighted by molar-refractivity contribution is 5.91. The summed E-state index contributed by atoms with van der Waals surface area (Å²) in [7, 11) is 0. The van der Waals surface area contributed by atoms with Crippen molar-refractivity contribution < 1.29 is 24.5 Å². The average molecular weight is 405 g/mol. The summed E-state index contributed by atoms with van der Waals surface area (Å²) in [6, 6.07) is 0. The highest BCUT2D eigenvalue weighted by Crippen LogP contribution is 2.68. The molecule has 3 saturated carbocycles. The summed E-state index contributed by atoms with van der Waals surface area (Å²) in [4.78, 5) is 24.3. The van der Waals surface area contributed by atoms with Crippen LogP contribution in [0.3, 0.4) is 0 Å². The lowest BCUT2D eigenvalue weighted by molar-refractivity contribution is -0.173. The fraction of sp³-hybridized carbons (Fsp3) is 0.833. The monoisotopic (exact) mass is 404 g/mol. The number of allylic oxidation sites excluding steroid dienone is 1. The summed E-state index contributed by atoms with van der Waals surface area (Å²) in [6.07, 6.45) is 8.45. The highest BCUT2D eigenvalue weighted by Gasteiger charge is 2.68. The number of rotatable bonds is 3. The summed E-state index contributed by atoms with van der Waals surface area (Å²) in [6.45, 7) is 7.40.